The van der Waals surface area contributed by atoms with Gasteiger partial charge in [-0.1, -0.05) is 18.2 Å². The van der Waals surface area contributed by atoms with Gasteiger partial charge in [-0.15, -0.1) is 0 Å². The fourth-order valence-corrected chi connectivity index (χ4v) is 2.39. The van der Waals surface area contributed by atoms with Crippen LogP contribution in [-0.4, -0.2) is 18.2 Å². The van der Waals surface area contributed by atoms with Crippen LogP contribution in [0.3, 0.4) is 0 Å². The molecule has 3 nitrogen and oxygen atoms in total. The van der Waals surface area contributed by atoms with Gasteiger partial charge in [-0.2, -0.15) is 0 Å². The molecule has 0 radical (unpaired) electrons. The molecule has 0 spiro atoms. The van der Waals surface area contributed by atoms with Crippen molar-refractivity contribution in [3.8, 4) is 0 Å². The Morgan fingerprint density at radius 1 is 1.29 bits per heavy atom. The lowest BCUT2D eigenvalue weighted by atomic mass is 9.86. The van der Waals surface area contributed by atoms with E-state index in [9.17, 15) is 0 Å². The van der Waals surface area contributed by atoms with Crippen LogP contribution in [0.1, 0.15) is 18.4 Å². The fourth-order valence-electron chi connectivity index (χ4n) is 2.39. The number of nitrogens with zero attached hydrogens (tertiary/aromatic N) is 1. The normalized spacial score (nSPS) is 25.0. The Morgan fingerprint density at radius 3 is 3.00 bits per heavy atom. The molecule has 1 atom stereocenters. The first-order valence-electron chi connectivity index (χ1n) is 6.00. The Morgan fingerprint density at radius 2 is 2.18 bits per heavy atom. The molecule has 2 aromatic rings. The van der Waals surface area contributed by atoms with Gasteiger partial charge in [0.2, 0.25) is 0 Å². The maximum atomic E-state index is 6.41. The predicted octanol–water partition coefficient (Wildman–Crippen LogP) is 2.20. The van der Waals surface area contributed by atoms with Gasteiger partial charge in [-0.25, -0.2) is 0 Å². The van der Waals surface area contributed by atoms with E-state index in [1.165, 1.54) is 0 Å². The summed E-state index contributed by atoms with van der Waals surface area (Å²) in [5, 5.41) is 1.14. The van der Waals surface area contributed by atoms with Crippen LogP contribution in [0, 0.1) is 0 Å². The van der Waals surface area contributed by atoms with Crippen molar-refractivity contribution in [2.75, 3.05) is 13.2 Å². The number of rotatable bonds is 1. The largest absolute Gasteiger partial charge is 0.379 e. The highest BCUT2D eigenvalue weighted by Crippen LogP contribution is 2.28. The smallest absolute Gasteiger partial charge is 0.0702 e. The van der Waals surface area contributed by atoms with Crippen molar-refractivity contribution in [1.82, 2.24) is 4.98 Å². The number of ether oxygens (including phenoxy) is 1. The Kier molecular flexibility index (Phi) is 2.57. The zero-order valence-corrected chi connectivity index (χ0v) is 9.73. The highest BCUT2D eigenvalue weighted by atomic mass is 16.5. The van der Waals surface area contributed by atoms with Gasteiger partial charge in [0.1, 0.15) is 0 Å². The van der Waals surface area contributed by atoms with Crippen molar-refractivity contribution in [2.24, 2.45) is 5.73 Å². The first-order chi connectivity index (χ1) is 8.28. The first kappa shape index (κ1) is 10.7. The van der Waals surface area contributed by atoms with E-state index in [0.29, 0.717) is 6.61 Å². The number of benzene rings is 1. The van der Waals surface area contributed by atoms with Crippen molar-refractivity contribution in [1.29, 1.82) is 0 Å². The Balaban J connectivity index is 2.05. The van der Waals surface area contributed by atoms with Crippen LogP contribution < -0.4 is 5.73 Å². The summed E-state index contributed by atoms with van der Waals surface area (Å²) in [6.45, 7) is 1.41. The van der Waals surface area contributed by atoms with Gasteiger partial charge in [0.05, 0.1) is 17.7 Å². The molecular weight excluding hydrogens is 212 g/mol. The highest BCUT2D eigenvalue weighted by Gasteiger charge is 2.30. The molecule has 0 amide bonds. The molecule has 1 unspecified atom stereocenters. The zero-order valence-electron chi connectivity index (χ0n) is 9.73. The van der Waals surface area contributed by atoms with Crippen LogP contribution in [0.25, 0.3) is 10.9 Å². The molecule has 88 valence electrons. The van der Waals surface area contributed by atoms with Crippen LogP contribution in [-0.2, 0) is 10.3 Å². The van der Waals surface area contributed by atoms with Crippen molar-refractivity contribution in [3.05, 3.63) is 42.1 Å². The molecule has 3 heteroatoms. The second-order valence-corrected chi connectivity index (χ2v) is 4.73. The van der Waals surface area contributed by atoms with E-state index >= 15 is 0 Å². The monoisotopic (exact) mass is 228 g/mol. The third-order valence-corrected chi connectivity index (χ3v) is 3.44. The lowest BCUT2D eigenvalue weighted by Crippen LogP contribution is -2.44. The minimum absolute atomic E-state index is 0.366. The molecule has 0 aliphatic carbocycles. The van der Waals surface area contributed by atoms with Gasteiger partial charge in [0, 0.05) is 18.2 Å². The molecule has 3 rings (SSSR count). The Bertz CT molecular complexity index is 532. The van der Waals surface area contributed by atoms with Gasteiger partial charge in [0.25, 0.3) is 0 Å². The molecule has 1 aromatic carbocycles. The predicted molar refractivity (Wildman–Crippen MR) is 67.7 cm³/mol. The van der Waals surface area contributed by atoms with E-state index < -0.39 is 0 Å². The fraction of sp³-hybridized carbons (Fsp3) is 0.357. The SMILES string of the molecule is NC1(c2cnc3ccccc3c2)CCCOC1. The number of nitrogens with two attached hydrogens (primary N) is 1. The molecule has 17 heavy (non-hydrogen) atoms. The summed E-state index contributed by atoms with van der Waals surface area (Å²) in [7, 11) is 0. The lowest BCUT2D eigenvalue weighted by molar-refractivity contribution is 0.0366. The topological polar surface area (TPSA) is 48.1 Å². The second kappa shape index (κ2) is 4.09. The van der Waals surface area contributed by atoms with Crippen molar-refractivity contribution < 1.29 is 4.74 Å². The van der Waals surface area contributed by atoms with E-state index in [-0.39, 0.29) is 5.54 Å². The van der Waals surface area contributed by atoms with E-state index in [0.717, 1.165) is 35.9 Å². The average Bonchev–Trinajstić information content (AvgIpc) is 2.39. The van der Waals surface area contributed by atoms with Gasteiger partial charge in [-0.3, -0.25) is 4.98 Å². The molecule has 0 bridgehead atoms. The maximum Gasteiger partial charge on any atom is 0.0702 e. The van der Waals surface area contributed by atoms with Gasteiger partial charge >= 0.3 is 0 Å². The second-order valence-electron chi connectivity index (χ2n) is 4.73. The number of pyridine rings is 1. The summed E-state index contributed by atoms with van der Waals surface area (Å²) >= 11 is 0. The first-order valence-corrected chi connectivity index (χ1v) is 6.00. The van der Waals surface area contributed by atoms with Crippen LogP contribution in [0.15, 0.2) is 36.5 Å². The molecule has 1 aliphatic rings. The van der Waals surface area contributed by atoms with E-state index in [1.807, 2.05) is 24.4 Å². The summed E-state index contributed by atoms with van der Waals surface area (Å²) < 4.78 is 5.50. The van der Waals surface area contributed by atoms with Crippen LogP contribution in [0.5, 0.6) is 0 Å². The van der Waals surface area contributed by atoms with Gasteiger partial charge in [-0.05, 0) is 30.5 Å². The number of hydrogen-bond acceptors (Lipinski definition) is 3. The number of aromatic nitrogens is 1. The van der Waals surface area contributed by atoms with Crippen molar-refractivity contribution in [3.63, 3.8) is 0 Å². The quantitative estimate of drug-likeness (QED) is 0.814. The lowest BCUT2D eigenvalue weighted by Gasteiger charge is -2.33. The summed E-state index contributed by atoms with van der Waals surface area (Å²) in [6, 6.07) is 10.2. The zero-order chi connectivity index (χ0) is 11.7. The summed E-state index contributed by atoms with van der Waals surface area (Å²) in [4.78, 5) is 4.47. The van der Waals surface area contributed by atoms with E-state index in [2.05, 4.69) is 17.1 Å². The van der Waals surface area contributed by atoms with Crippen molar-refractivity contribution in [2.45, 2.75) is 18.4 Å². The van der Waals surface area contributed by atoms with Crippen LogP contribution >= 0.6 is 0 Å². The third kappa shape index (κ3) is 1.92. The summed E-state index contributed by atoms with van der Waals surface area (Å²) in [5.74, 6) is 0. The molecule has 1 fully saturated rings. The van der Waals surface area contributed by atoms with Crippen LogP contribution in [0.4, 0.5) is 0 Å². The summed E-state index contributed by atoms with van der Waals surface area (Å²) in [5.41, 5.74) is 8.13. The molecular formula is C14H16N2O. The molecule has 0 saturated carbocycles. The number of para-hydroxylation sites is 1. The number of fused-ring (bicyclic) bond motifs is 1. The molecule has 1 aliphatic heterocycles. The number of hydrogen-bond donors (Lipinski definition) is 1. The molecule has 2 N–H and O–H groups in total. The van der Waals surface area contributed by atoms with Gasteiger partial charge in [0.15, 0.2) is 0 Å². The Hall–Kier alpha value is -1.45. The Labute approximate surface area is 101 Å². The van der Waals surface area contributed by atoms with Crippen LogP contribution in [0.2, 0.25) is 0 Å². The molecule has 1 saturated heterocycles. The minimum atomic E-state index is -0.366. The average molecular weight is 228 g/mol. The van der Waals surface area contributed by atoms with Crippen molar-refractivity contribution >= 4 is 10.9 Å². The van der Waals surface area contributed by atoms with Gasteiger partial charge < -0.3 is 10.5 Å². The minimum Gasteiger partial charge on any atom is -0.379 e. The molecule has 1 aromatic heterocycles. The highest BCUT2D eigenvalue weighted by molar-refractivity contribution is 5.79. The van der Waals surface area contributed by atoms with E-state index in [1.54, 1.807) is 0 Å². The van der Waals surface area contributed by atoms with E-state index in [4.69, 9.17) is 10.5 Å². The maximum absolute atomic E-state index is 6.41. The standard InChI is InChI=1S/C14H16N2O/c15-14(6-3-7-17-10-14)12-8-11-4-1-2-5-13(11)16-9-12/h1-2,4-5,8-9H,3,6-7,10,15H2. The third-order valence-electron chi connectivity index (χ3n) is 3.44. The summed E-state index contributed by atoms with van der Waals surface area (Å²) in [6.07, 6.45) is 3.87. The molecule has 2 heterocycles.